The Bertz CT molecular complexity index is 1110. The largest absolute Gasteiger partial charge is 0.465 e. The van der Waals surface area contributed by atoms with Crippen LogP contribution in [0, 0.1) is 12.7 Å². The van der Waals surface area contributed by atoms with Crippen molar-refractivity contribution in [1.82, 2.24) is 14.3 Å². The van der Waals surface area contributed by atoms with Crippen molar-refractivity contribution in [3.05, 3.63) is 46.3 Å². The summed E-state index contributed by atoms with van der Waals surface area (Å²) in [5.41, 5.74) is 1.27. The molecule has 9 heteroatoms. The van der Waals surface area contributed by atoms with Gasteiger partial charge in [-0.3, -0.25) is 14.3 Å². The highest BCUT2D eigenvalue weighted by Crippen LogP contribution is 2.21. The van der Waals surface area contributed by atoms with Crippen LogP contribution in [0.2, 0.25) is 0 Å². The molecule has 0 radical (unpaired) electrons. The van der Waals surface area contributed by atoms with E-state index in [1.54, 1.807) is 36.7 Å². The molecule has 0 N–H and O–H groups in total. The monoisotopic (exact) mass is 404 g/mol. The minimum Gasteiger partial charge on any atom is -0.465 e. The number of halogens is 1. The van der Waals surface area contributed by atoms with Gasteiger partial charge in [-0.25, -0.2) is 4.39 Å². The number of fused-ring (bicyclic) bond motifs is 1. The molecule has 0 saturated carbocycles. The van der Waals surface area contributed by atoms with E-state index >= 15 is 0 Å². The number of carbonyl (C=O) groups is 2. The molecule has 0 aliphatic carbocycles. The zero-order valence-electron chi connectivity index (χ0n) is 16.1. The summed E-state index contributed by atoms with van der Waals surface area (Å²) in [5, 5.41) is 4.32. The second kappa shape index (κ2) is 8.05. The van der Waals surface area contributed by atoms with Gasteiger partial charge in [-0.05, 0) is 45.9 Å². The van der Waals surface area contributed by atoms with E-state index in [-0.39, 0.29) is 29.5 Å². The Hall–Kier alpha value is -2.81. The highest BCUT2D eigenvalue weighted by Gasteiger charge is 2.18. The van der Waals surface area contributed by atoms with Crippen LogP contribution in [0.3, 0.4) is 0 Å². The Morgan fingerprint density at radius 3 is 2.79 bits per heavy atom. The van der Waals surface area contributed by atoms with E-state index in [0.29, 0.717) is 16.1 Å². The third-order valence-electron chi connectivity index (χ3n) is 4.01. The first-order valence-corrected chi connectivity index (χ1v) is 9.72. The van der Waals surface area contributed by atoms with Crippen LogP contribution in [0.15, 0.2) is 29.3 Å². The van der Waals surface area contributed by atoms with Gasteiger partial charge in [0.2, 0.25) is 0 Å². The molecule has 0 fully saturated rings. The Morgan fingerprint density at radius 1 is 1.36 bits per heavy atom. The molecule has 28 heavy (non-hydrogen) atoms. The third-order valence-corrected chi connectivity index (χ3v) is 5.05. The molecule has 148 valence electrons. The van der Waals surface area contributed by atoms with E-state index in [9.17, 15) is 14.0 Å². The van der Waals surface area contributed by atoms with Gasteiger partial charge >= 0.3 is 5.97 Å². The SMILES string of the molecule is CCOC(=O)Cn1c(=NC(=O)c2cc(C)nn2C(C)C)sc2cccc(F)c21. The summed E-state index contributed by atoms with van der Waals surface area (Å²) in [6.07, 6.45) is 0. The van der Waals surface area contributed by atoms with E-state index in [0.717, 1.165) is 11.3 Å². The van der Waals surface area contributed by atoms with E-state index < -0.39 is 17.7 Å². The maximum Gasteiger partial charge on any atom is 0.326 e. The topological polar surface area (TPSA) is 78.5 Å². The van der Waals surface area contributed by atoms with Crippen LogP contribution in [0.25, 0.3) is 10.2 Å². The fraction of sp³-hybridized carbons (Fsp3) is 0.368. The predicted octanol–water partition coefficient (Wildman–Crippen LogP) is 3.23. The molecule has 7 nitrogen and oxygen atoms in total. The smallest absolute Gasteiger partial charge is 0.326 e. The second-order valence-electron chi connectivity index (χ2n) is 6.49. The van der Waals surface area contributed by atoms with Crippen molar-refractivity contribution < 1.29 is 18.7 Å². The summed E-state index contributed by atoms with van der Waals surface area (Å²) in [7, 11) is 0. The first kappa shape index (κ1) is 19.9. The van der Waals surface area contributed by atoms with Crippen molar-refractivity contribution in [2.24, 2.45) is 4.99 Å². The van der Waals surface area contributed by atoms with Gasteiger partial charge in [-0.2, -0.15) is 10.1 Å². The summed E-state index contributed by atoms with van der Waals surface area (Å²) in [4.78, 5) is 29.3. The number of thiazole rings is 1. The standard InChI is InChI=1S/C19H21FN4O3S/c1-5-27-16(25)10-23-17-13(20)7-6-8-15(17)28-19(23)21-18(26)14-9-12(4)22-24(14)11(2)3/h6-9,11H,5,10H2,1-4H3. The maximum absolute atomic E-state index is 14.4. The van der Waals surface area contributed by atoms with Crippen LogP contribution >= 0.6 is 11.3 Å². The number of aryl methyl sites for hydroxylation is 1. The average Bonchev–Trinajstić information content (AvgIpc) is 3.17. The first-order valence-electron chi connectivity index (χ1n) is 8.90. The van der Waals surface area contributed by atoms with Gasteiger partial charge < -0.3 is 9.30 Å². The van der Waals surface area contributed by atoms with E-state index in [1.807, 2.05) is 13.8 Å². The highest BCUT2D eigenvalue weighted by molar-refractivity contribution is 7.16. The van der Waals surface area contributed by atoms with Crippen molar-refractivity contribution in [3.63, 3.8) is 0 Å². The molecule has 0 aliphatic rings. The van der Waals surface area contributed by atoms with Gasteiger partial charge in [0, 0.05) is 6.04 Å². The summed E-state index contributed by atoms with van der Waals surface area (Å²) < 4.78 is 23.0. The van der Waals surface area contributed by atoms with Crippen molar-refractivity contribution in [2.45, 2.75) is 40.3 Å². The quantitative estimate of drug-likeness (QED) is 0.612. The zero-order chi connectivity index (χ0) is 20.4. The molecule has 1 aromatic carbocycles. The average molecular weight is 404 g/mol. The van der Waals surface area contributed by atoms with Crippen LogP contribution in [-0.2, 0) is 16.1 Å². The molecular formula is C19H21FN4O3S. The number of hydrogen-bond acceptors (Lipinski definition) is 5. The molecule has 0 saturated heterocycles. The number of ether oxygens (including phenoxy) is 1. The molecule has 0 bridgehead atoms. The Balaban J connectivity index is 2.15. The van der Waals surface area contributed by atoms with Gasteiger partial charge in [0.1, 0.15) is 18.1 Å². The van der Waals surface area contributed by atoms with E-state index in [1.165, 1.54) is 10.6 Å². The van der Waals surface area contributed by atoms with Crippen molar-refractivity contribution in [3.8, 4) is 0 Å². The van der Waals surface area contributed by atoms with Gasteiger partial charge in [0.15, 0.2) is 4.80 Å². The number of nitrogens with zero attached hydrogens (tertiary/aromatic N) is 4. The number of para-hydroxylation sites is 1. The number of hydrogen-bond donors (Lipinski definition) is 0. The lowest BCUT2D eigenvalue weighted by Gasteiger charge is -2.08. The molecule has 0 atom stereocenters. The fourth-order valence-corrected chi connectivity index (χ4v) is 3.91. The lowest BCUT2D eigenvalue weighted by molar-refractivity contribution is -0.143. The maximum atomic E-state index is 14.4. The number of benzene rings is 1. The highest BCUT2D eigenvalue weighted by atomic mass is 32.1. The molecule has 0 spiro atoms. The molecule has 0 unspecified atom stereocenters. The fourth-order valence-electron chi connectivity index (χ4n) is 2.87. The predicted molar refractivity (Wildman–Crippen MR) is 104 cm³/mol. The number of rotatable bonds is 5. The minimum absolute atomic E-state index is 0.0191. The van der Waals surface area contributed by atoms with Crippen LogP contribution in [0.1, 0.15) is 43.0 Å². The Kier molecular flexibility index (Phi) is 5.73. The van der Waals surface area contributed by atoms with Crippen molar-refractivity contribution >= 4 is 33.4 Å². The molecule has 0 aliphatic heterocycles. The number of esters is 1. The van der Waals surface area contributed by atoms with Crippen LogP contribution in [0.5, 0.6) is 0 Å². The lowest BCUT2D eigenvalue weighted by Crippen LogP contribution is -2.24. The summed E-state index contributed by atoms with van der Waals surface area (Å²) in [5.74, 6) is -1.52. The van der Waals surface area contributed by atoms with Gasteiger partial charge in [0.05, 0.1) is 22.5 Å². The number of carbonyl (C=O) groups excluding carboxylic acids is 2. The van der Waals surface area contributed by atoms with Crippen LogP contribution in [0.4, 0.5) is 4.39 Å². The second-order valence-corrected chi connectivity index (χ2v) is 7.50. The lowest BCUT2D eigenvalue weighted by atomic mass is 10.3. The summed E-state index contributed by atoms with van der Waals surface area (Å²) in [6, 6.07) is 6.24. The zero-order valence-corrected chi connectivity index (χ0v) is 16.9. The molecular weight excluding hydrogens is 383 g/mol. The Labute approximate surface area is 165 Å². The summed E-state index contributed by atoms with van der Waals surface area (Å²) in [6.45, 7) is 7.30. The summed E-state index contributed by atoms with van der Waals surface area (Å²) >= 11 is 1.14. The van der Waals surface area contributed by atoms with Gasteiger partial charge in [0.25, 0.3) is 5.91 Å². The molecule has 2 heterocycles. The van der Waals surface area contributed by atoms with Crippen LogP contribution in [-0.4, -0.2) is 32.8 Å². The van der Waals surface area contributed by atoms with Crippen LogP contribution < -0.4 is 4.80 Å². The molecule has 3 rings (SSSR count). The van der Waals surface area contributed by atoms with Crippen molar-refractivity contribution in [2.75, 3.05) is 6.61 Å². The van der Waals surface area contributed by atoms with Gasteiger partial charge in [-0.1, -0.05) is 17.4 Å². The van der Waals surface area contributed by atoms with Crippen molar-refractivity contribution in [1.29, 1.82) is 0 Å². The normalized spacial score (nSPS) is 12.1. The first-order chi connectivity index (χ1) is 13.3. The number of amides is 1. The third kappa shape index (κ3) is 3.89. The van der Waals surface area contributed by atoms with Gasteiger partial charge in [-0.15, -0.1) is 0 Å². The Morgan fingerprint density at radius 2 is 2.11 bits per heavy atom. The van der Waals surface area contributed by atoms with E-state index in [4.69, 9.17) is 4.74 Å². The molecule has 3 aromatic rings. The molecule has 1 amide bonds. The molecule has 2 aromatic heterocycles. The van der Waals surface area contributed by atoms with E-state index in [2.05, 4.69) is 10.1 Å². The number of aromatic nitrogens is 3. The minimum atomic E-state index is -0.526.